The largest absolute Gasteiger partial charge is 0.480 e. The van der Waals surface area contributed by atoms with E-state index in [1.54, 1.807) is 12.1 Å². The van der Waals surface area contributed by atoms with Crippen LogP contribution in [0.15, 0.2) is 18.3 Å². The van der Waals surface area contributed by atoms with Gasteiger partial charge in [-0.2, -0.15) is 5.26 Å². The van der Waals surface area contributed by atoms with E-state index in [-0.39, 0.29) is 0 Å². The van der Waals surface area contributed by atoms with Gasteiger partial charge in [-0.05, 0) is 30.9 Å². The maximum Gasteiger partial charge on any atom is 0.326 e. The molecule has 0 spiro atoms. The van der Waals surface area contributed by atoms with Crippen molar-refractivity contribution in [1.82, 2.24) is 4.98 Å². The van der Waals surface area contributed by atoms with Crippen molar-refractivity contribution in [3.63, 3.8) is 0 Å². The lowest BCUT2D eigenvalue weighted by atomic mass is 9.92. The second-order valence-electron chi connectivity index (χ2n) is 4.69. The van der Waals surface area contributed by atoms with Crippen molar-refractivity contribution in [2.75, 3.05) is 11.4 Å². The Balaban J connectivity index is 2.24. The van der Waals surface area contributed by atoms with Gasteiger partial charge in [0.25, 0.3) is 0 Å². The Hall–Kier alpha value is -2.09. The minimum absolute atomic E-state index is 0.417. The summed E-state index contributed by atoms with van der Waals surface area (Å²) >= 11 is 0. The summed E-state index contributed by atoms with van der Waals surface area (Å²) in [5.41, 5.74) is 0.482. The Morgan fingerprint density at radius 2 is 2.39 bits per heavy atom. The Bertz CT molecular complexity index is 478. The van der Waals surface area contributed by atoms with Crippen molar-refractivity contribution in [1.29, 1.82) is 5.26 Å². The molecule has 2 rings (SSSR count). The number of aromatic nitrogens is 1. The molecule has 1 saturated heterocycles. The molecule has 0 amide bonds. The van der Waals surface area contributed by atoms with Crippen LogP contribution in [0.3, 0.4) is 0 Å². The van der Waals surface area contributed by atoms with Crippen LogP contribution in [0.1, 0.15) is 25.3 Å². The lowest BCUT2D eigenvalue weighted by Gasteiger charge is -2.36. The molecule has 5 heteroatoms. The quantitative estimate of drug-likeness (QED) is 0.857. The summed E-state index contributed by atoms with van der Waals surface area (Å²) < 4.78 is 0. The maximum absolute atomic E-state index is 11.3. The molecule has 1 aromatic rings. The molecule has 0 aromatic carbocycles. The number of carbonyl (C=O) groups is 1. The van der Waals surface area contributed by atoms with Crippen LogP contribution in [0.5, 0.6) is 0 Å². The average molecular weight is 245 g/mol. The second-order valence-corrected chi connectivity index (χ2v) is 4.69. The first-order valence-corrected chi connectivity index (χ1v) is 5.97. The highest BCUT2D eigenvalue weighted by Crippen LogP contribution is 2.26. The normalized spacial score (nSPS) is 23.4. The van der Waals surface area contributed by atoms with E-state index in [1.165, 1.54) is 6.20 Å². The number of anilines is 1. The van der Waals surface area contributed by atoms with Gasteiger partial charge >= 0.3 is 5.97 Å². The fraction of sp³-hybridized carbons (Fsp3) is 0.462. The summed E-state index contributed by atoms with van der Waals surface area (Å²) in [5, 5.41) is 18.0. The summed E-state index contributed by atoms with van der Waals surface area (Å²) in [4.78, 5) is 17.3. The van der Waals surface area contributed by atoms with Gasteiger partial charge in [-0.3, -0.25) is 0 Å². The van der Waals surface area contributed by atoms with Crippen LogP contribution in [-0.2, 0) is 4.79 Å². The van der Waals surface area contributed by atoms with Crippen LogP contribution < -0.4 is 4.90 Å². The second kappa shape index (κ2) is 5.05. The molecule has 0 bridgehead atoms. The van der Waals surface area contributed by atoms with E-state index in [0.29, 0.717) is 30.3 Å². The zero-order valence-electron chi connectivity index (χ0n) is 10.2. The third kappa shape index (κ3) is 2.43. The van der Waals surface area contributed by atoms with Crippen LogP contribution >= 0.6 is 0 Å². The number of nitrogens with zero attached hydrogens (tertiary/aromatic N) is 3. The van der Waals surface area contributed by atoms with Crippen LogP contribution in [-0.4, -0.2) is 28.6 Å². The van der Waals surface area contributed by atoms with Crippen LogP contribution in [0, 0.1) is 17.2 Å². The summed E-state index contributed by atoms with van der Waals surface area (Å²) in [7, 11) is 0. The van der Waals surface area contributed by atoms with Crippen molar-refractivity contribution in [2.45, 2.75) is 25.8 Å². The SMILES string of the molecule is CC1CCN(c2ccc(C#N)cn2)C(C(=O)O)C1. The molecule has 1 aliphatic rings. The van der Waals surface area contributed by atoms with Crippen LogP contribution in [0.4, 0.5) is 5.82 Å². The fourth-order valence-corrected chi connectivity index (χ4v) is 2.27. The molecule has 18 heavy (non-hydrogen) atoms. The number of carboxylic acid groups (broad SMARTS) is 1. The number of hydrogen-bond donors (Lipinski definition) is 1. The van der Waals surface area contributed by atoms with Crippen LogP contribution in [0.25, 0.3) is 0 Å². The smallest absolute Gasteiger partial charge is 0.326 e. The van der Waals surface area contributed by atoms with Gasteiger partial charge in [-0.25, -0.2) is 9.78 Å². The molecule has 0 aliphatic carbocycles. The standard InChI is InChI=1S/C13H15N3O2/c1-9-4-5-16(11(6-9)13(17)18)12-3-2-10(7-14)8-15-12/h2-3,8-9,11H,4-6H2,1H3,(H,17,18). The highest BCUT2D eigenvalue weighted by atomic mass is 16.4. The van der Waals surface area contributed by atoms with E-state index in [0.717, 1.165) is 6.42 Å². The molecule has 1 fully saturated rings. The van der Waals surface area contributed by atoms with Crippen molar-refractivity contribution in [2.24, 2.45) is 5.92 Å². The van der Waals surface area contributed by atoms with E-state index in [4.69, 9.17) is 5.26 Å². The number of hydrogen-bond acceptors (Lipinski definition) is 4. The Kier molecular flexibility index (Phi) is 3.47. The lowest BCUT2D eigenvalue weighted by molar-refractivity contribution is -0.139. The van der Waals surface area contributed by atoms with Crippen LogP contribution in [0.2, 0.25) is 0 Å². The predicted octanol–water partition coefficient (Wildman–Crippen LogP) is 1.64. The molecule has 1 N–H and O–H groups in total. The van der Waals surface area contributed by atoms with Crippen molar-refractivity contribution in [3.05, 3.63) is 23.9 Å². The molecule has 1 aliphatic heterocycles. The van der Waals surface area contributed by atoms with E-state index in [2.05, 4.69) is 11.9 Å². The van der Waals surface area contributed by atoms with E-state index >= 15 is 0 Å². The van der Waals surface area contributed by atoms with Gasteiger partial charge in [-0.15, -0.1) is 0 Å². The topological polar surface area (TPSA) is 77.2 Å². The third-order valence-electron chi connectivity index (χ3n) is 3.32. The van der Waals surface area contributed by atoms with E-state index in [9.17, 15) is 9.90 Å². The number of nitriles is 1. The summed E-state index contributed by atoms with van der Waals surface area (Å²) in [6.07, 6.45) is 3.08. The van der Waals surface area contributed by atoms with Gasteiger partial charge in [0.1, 0.15) is 17.9 Å². The summed E-state index contributed by atoms with van der Waals surface area (Å²) in [6, 6.07) is 4.86. The van der Waals surface area contributed by atoms with Gasteiger partial charge < -0.3 is 10.0 Å². The van der Waals surface area contributed by atoms with Gasteiger partial charge in [0, 0.05) is 12.7 Å². The minimum atomic E-state index is -0.812. The summed E-state index contributed by atoms with van der Waals surface area (Å²) in [6.45, 7) is 2.76. The first-order valence-electron chi connectivity index (χ1n) is 5.97. The molecular weight excluding hydrogens is 230 g/mol. The zero-order chi connectivity index (χ0) is 13.1. The minimum Gasteiger partial charge on any atom is -0.480 e. The Morgan fingerprint density at radius 3 is 2.94 bits per heavy atom. The number of piperidine rings is 1. The van der Waals surface area contributed by atoms with E-state index < -0.39 is 12.0 Å². The van der Waals surface area contributed by atoms with E-state index in [1.807, 2.05) is 11.0 Å². The first kappa shape index (κ1) is 12.4. The molecule has 2 heterocycles. The van der Waals surface area contributed by atoms with Gasteiger partial charge in [0.15, 0.2) is 0 Å². The Labute approximate surface area is 106 Å². The molecule has 94 valence electrons. The molecular formula is C13H15N3O2. The average Bonchev–Trinajstić information content (AvgIpc) is 2.39. The van der Waals surface area contributed by atoms with Gasteiger partial charge in [-0.1, -0.05) is 6.92 Å². The lowest BCUT2D eigenvalue weighted by Crippen LogP contribution is -2.47. The Morgan fingerprint density at radius 1 is 1.61 bits per heavy atom. The molecule has 0 saturated carbocycles. The first-order chi connectivity index (χ1) is 8.61. The third-order valence-corrected chi connectivity index (χ3v) is 3.32. The van der Waals surface area contributed by atoms with Crippen molar-refractivity contribution in [3.8, 4) is 6.07 Å². The number of aliphatic carboxylic acids is 1. The molecule has 2 unspecified atom stereocenters. The molecule has 2 atom stereocenters. The predicted molar refractivity (Wildman–Crippen MR) is 66.1 cm³/mol. The molecule has 0 radical (unpaired) electrons. The molecule has 1 aromatic heterocycles. The zero-order valence-corrected chi connectivity index (χ0v) is 10.2. The highest BCUT2D eigenvalue weighted by molar-refractivity contribution is 5.78. The molecule has 5 nitrogen and oxygen atoms in total. The number of carboxylic acids is 1. The van der Waals surface area contributed by atoms with Crippen molar-refractivity contribution >= 4 is 11.8 Å². The number of pyridine rings is 1. The monoisotopic (exact) mass is 245 g/mol. The maximum atomic E-state index is 11.3. The fourth-order valence-electron chi connectivity index (χ4n) is 2.27. The van der Waals surface area contributed by atoms with Crippen molar-refractivity contribution < 1.29 is 9.90 Å². The summed E-state index contributed by atoms with van der Waals surface area (Å²) in [5.74, 6) is 0.238. The van der Waals surface area contributed by atoms with Gasteiger partial charge in [0.05, 0.1) is 5.56 Å². The number of rotatable bonds is 2. The highest BCUT2D eigenvalue weighted by Gasteiger charge is 2.32. The van der Waals surface area contributed by atoms with Gasteiger partial charge in [0.2, 0.25) is 0 Å².